The molecular weight excluding hydrogens is 476 g/mol. The molecule has 1 fully saturated rings. The molecule has 4 rings (SSSR count). The molecule has 35 heavy (non-hydrogen) atoms. The molecule has 4 amide bonds. The second kappa shape index (κ2) is 8.82. The molecule has 3 atom stereocenters. The first-order valence-electron chi connectivity index (χ1n) is 11.1. The lowest BCUT2D eigenvalue weighted by Crippen LogP contribution is -2.66. The number of carbonyl (C=O) groups excluding carboxylic acids is 4. The number of piperidine rings is 1. The summed E-state index contributed by atoms with van der Waals surface area (Å²) in [6.45, 7) is 0.117. The Morgan fingerprint density at radius 3 is 2.49 bits per heavy atom. The van der Waals surface area contributed by atoms with E-state index in [1.165, 1.54) is 17.0 Å². The average molecular weight is 497 g/mol. The molecule has 0 spiro atoms. The number of nitrogens with one attached hydrogen (secondary N) is 2. The SMILES string of the molecule is BC(NC(=O)C(F)(F)c1ccc(Cl)cc1)c1ccc2c(c1)CN(C1(B)C(=O)NC(=O)CC1B)C2=O. The van der Waals surface area contributed by atoms with Crippen molar-refractivity contribution in [3.05, 3.63) is 69.7 Å². The average Bonchev–Trinajstić information content (AvgIpc) is 3.13. The van der Waals surface area contributed by atoms with Crippen LogP contribution in [0.4, 0.5) is 8.78 Å². The number of halogens is 3. The van der Waals surface area contributed by atoms with Gasteiger partial charge in [0.1, 0.15) is 23.5 Å². The summed E-state index contributed by atoms with van der Waals surface area (Å²) in [4.78, 5) is 51.4. The third-order valence-electron chi connectivity index (χ3n) is 7.00. The number of fused-ring (bicyclic) bond motifs is 1. The summed E-state index contributed by atoms with van der Waals surface area (Å²) in [5.74, 6) is -7.67. The van der Waals surface area contributed by atoms with Gasteiger partial charge in [-0.2, -0.15) is 8.78 Å². The zero-order valence-electron chi connectivity index (χ0n) is 19.3. The van der Waals surface area contributed by atoms with Crippen molar-refractivity contribution in [2.75, 3.05) is 0 Å². The first kappa shape index (κ1) is 25.0. The van der Waals surface area contributed by atoms with Gasteiger partial charge in [0, 0.05) is 35.1 Å². The Kier molecular flexibility index (Phi) is 6.29. The van der Waals surface area contributed by atoms with Crippen LogP contribution >= 0.6 is 11.6 Å². The van der Waals surface area contributed by atoms with Gasteiger partial charge in [0.05, 0.1) is 5.44 Å². The number of alkyl halides is 2. The summed E-state index contributed by atoms with van der Waals surface area (Å²) < 4.78 is 29.3. The van der Waals surface area contributed by atoms with Crippen molar-refractivity contribution < 1.29 is 28.0 Å². The van der Waals surface area contributed by atoms with Crippen LogP contribution in [0.1, 0.15) is 39.4 Å². The number of hydrogen-bond donors (Lipinski definition) is 2. The normalized spacial score (nSPS) is 23.0. The van der Waals surface area contributed by atoms with Gasteiger partial charge in [0.15, 0.2) is 0 Å². The smallest absolute Gasteiger partial charge is 0.349 e. The maximum absolute atomic E-state index is 14.7. The number of nitrogens with zero attached hydrogens (tertiary/aromatic N) is 1. The Bertz CT molecular complexity index is 1250. The molecular formula is C22H21B3ClF2N3O4. The van der Waals surface area contributed by atoms with E-state index in [0.29, 0.717) is 16.7 Å². The van der Waals surface area contributed by atoms with E-state index in [1.807, 2.05) is 0 Å². The van der Waals surface area contributed by atoms with Crippen molar-refractivity contribution >= 4 is 58.8 Å². The number of carbonyl (C=O) groups is 4. The summed E-state index contributed by atoms with van der Waals surface area (Å²) in [6, 6.07) is 9.58. The second-order valence-corrected chi connectivity index (χ2v) is 9.65. The van der Waals surface area contributed by atoms with Crippen molar-refractivity contribution in [2.24, 2.45) is 0 Å². The van der Waals surface area contributed by atoms with Crippen molar-refractivity contribution in [2.45, 2.75) is 36.1 Å². The van der Waals surface area contributed by atoms with Crippen LogP contribution in [0, 0.1) is 0 Å². The lowest BCUT2D eigenvalue weighted by atomic mass is 9.56. The van der Waals surface area contributed by atoms with Crippen LogP contribution in [0.15, 0.2) is 42.5 Å². The van der Waals surface area contributed by atoms with Gasteiger partial charge in [-0.1, -0.05) is 35.9 Å². The van der Waals surface area contributed by atoms with E-state index in [-0.39, 0.29) is 29.8 Å². The molecule has 7 nitrogen and oxygen atoms in total. The van der Waals surface area contributed by atoms with Crippen LogP contribution in [0.3, 0.4) is 0 Å². The standard InChI is InChI=1S/C22H21B3ClF2N3O4/c23-15-8-16(32)29-19(34)21(15,25)31-9-11-7-10(1-6-14(11)18(31)33)17(24)30-20(35)22(27,28)12-2-4-13(26)5-3-12/h1-7,15,17H,8-9,23-25H2,(H,30,35)(H,29,32,34). The maximum atomic E-state index is 14.7. The Morgan fingerprint density at radius 2 is 1.86 bits per heavy atom. The van der Waals surface area contributed by atoms with Crippen molar-refractivity contribution in [1.82, 2.24) is 15.5 Å². The van der Waals surface area contributed by atoms with Gasteiger partial charge in [-0.05, 0) is 35.1 Å². The van der Waals surface area contributed by atoms with E-state index < -0.39 is 40.5 Å². The first-order valence-corrected chi connectivity index (χ1v) is 11.5. The molecule has 2 heterocycles. The Morgan fingerprint density at radius 1 is 1.20 bits per heavy atom. The van der Waals surface area contributed by atoms with Crippen molar-refractivity contribution in [3.8, 4) is 0 Å². The Balaban J connectivity index is 1.53. The minimum Gasteiger partial charge on any atom is -0.352 e. The maximum Gasteiger partial charge on any atom is 0.349 e. The minimum atomic E-state index is -3.77. The lowest BCUT2D eigenvalue weighted by Gasteiger charge is -2.44. The highest BCUT2D eigenvalue weighted by Gasteiger charge is 2.52. The fraction of sp³-hybridized carbons (Fsp3) is 0.273. The summed E-state index contributed by atoms with van der Waals surface area (Å²) in [6.07, 6.45) is 0.110. The molecule has 2 N–H and O–H groups in total. The summed E-state index contributed by atoms with van der Waals surface area (Å²) >= 11 is 5.74. The Labute approximate surface area is 208 Å². The van der Waals surface area contributed by atoms with E-state index in [9.17, 15) is 28.0 Å². The molecule has 2 aliphatic rings. The molecule has 13 heteroatoms. The topological polar surface area (TPSA) is 95.6 Å². The zero-order valence-corrected chi connectivity index (χ0v) is 20.1. The zero-order chi connectivity index (χ0) is 25.7. The number of benzene rings is 2. The predicted molar refractivity (Wildman–Crippen MR) is 132 cm³/mol. The van der Waals surface area contributed by atoms with Gasteiger partial charge in [-0.3, -0.25) is 24.5 Å². The minimum absolute atomic E-state index is 0.110. The van der Waals surface area contributed by atoms with Crippen LogP contribution in [-0.2, 0) is 26.9 Å². The highest BCUT2D eigenvalue weighted by atomic mass is 35.5. The molecule has 0 radical (unpaired) electrons. The predicted octanol–water partition coefficient (Wildman–Crippen LogP) is -0.367. The second-order valence-electron chi connectivity index (χ2n) is 9.21. The molecule has 1 saturated heterocycles. The molecule has 178 valence electrons. The number of imide groups is 1. The van der Waals surface area contributed by atoms with Gasteiger partial charge >= 0.3 is 5.92 Å². The highest BCUT2D eigenvalue weighted by molar-refractivity contribution is 6.38. The largest absolute Gasteiger partial charge is 0.352 e. The first-order chi connectivity index (χ1) is 16.4. The van der Waals surface area contributed by atoms with Crippen LogP contribution in [-0.4, -0.2) is 57.5 Å². The molecule has 2 aromatic rings. The highest BCUT2D eigenvalue weighted by Crippen LogP contribution is 2.38. The molecule has 2 aliphatic heterocycles. The van der Waals surface area contributed by atoms with Gasteiger partial charge in [0.2, 0.25) is 11.8 Å². The van der Waals surface area contributed by atoms with Gasteiger partial charge in [-0.15, -0.1) is 0 Å². The molecule has 2 aromatic carbocycles. The third-order valence-corrected chi connectivity index (χ3v) is 7.25. The van der Waals surface area contributed by atoms with E-state index in [1.54, 1.807) is 41.7 Å². The number of amides is 4. The quantitative estimate of drug-likeness (QED) is 0.436. The Hall–Kier alpha value is -3.14. The van der Waals surface area contributed by atoms with E-state index in [2.05, 4.69) is 10.6 Å². The van der Waals surface area contributed by atoms with E-state index >= 15 is 0 Å². The monoisotopic (exact) mass is 497 g/mol. The fourth-order valence-corrected chi connectivity index (χ4v) is 4.67. The van der Waals surface area contributed by atoms with Crippen LogP contribution in [0.2, 0.25) is 10.8 Å². The molecule has 0 aromatic heterocycles. The molecule has 3 unspecified atom stereocenters. The molecule has 0 saturated carbocycles. The lowest BCUT2D eigenvalue weighted by molar-refractivity contribution is -0.147. The summed E-state index contributed by atoms with van der Waals surface area (Å²) in [5, 5.41) is 4.92. The van der Waals surface area contributed by atoms with E-state index in [0.717, 1.165) is 12.1 Å². The van der Waals surface area contributed by atoms with Crippen molar-refractivity contribution in [3.63, 3.8) is 0 Å². The number of hydrogen-bond acceptors (Lipinski definition) is 4. The number of rotatable bonds is 5. The van der Waals surface area contributed by atoms with Crippen LogP contribution < -0.4 is 10.6 Å². The van der Waals surface area contributed by atoms with E-state index in [4.69, 9.17) is 11.6 Å². The van der Waals surface area contributed by atoms with Crippen LogP contribution in [0.5, 0.6) is 0 Å². The summed E-state index contributed by atoms with van der Waals surface area (Å²) in [5.41, 5.74) is -0.174. The van der Waals surface area contributed by atoms with Crippen LogP contribution in [0.25, 0.3) is 0 Å². The van der Waals surface area contributed by atoms with Gasteiger partial charge in [-0.25, -0.2) is 0 Å². The van der Waals surface area contributed by atoms with Crippen molar-refractivity contribution in [1.29, 1.82) is 0 Å². The summed E-state index contributed by atoms with van der Waals surface area (Å²) in [7, 11) is 4.94. The van der Waals surface area contributed by atoms with Gasteiger partial charge < -0.3 is 10.2 Å². The fourth-order valence-electron chi connectivity index (χ4n) is 4.54. The molecule has 0 aliphatic carbocycles. The van der Waals surface area contributed by atoms with Gasteiger partial charge in [0.25, 0.3) is 11.8 Å². The molecule has 0 bridgehead atoms. The third kappa shape index (κ3) is 4.24.